The summed E-state index contributed by atoms with van der Waals surface area (Å²) in [6.45, 7) is 3.57. The molecular weight excluding hydrogens is 236 g/mol. The van der Waals surface area contributed by atoms with E-state index in [1.165, 1.54) is 33.5 Å². The Bertz CT molecular complexity index is 643. The Morgan fingerprint density at radius 3 is 2.72 bits per heavy atom. The van der Waals surface area contributed by atoms with Crippen LogP contribution in [0.15, 0.2) is 55.1 Å². The maximum atomic E-state index is 11.6. The first-order valence-electron chi connectivity index (χ1n) is 6.14. The number of fused-ring (bicyclic) bond motifs is 3. The van der Waals surface area contributed by atoms with Gasteiger partial charge in [0.1, 0.15) is 14.9 Å². The first-order chi connectivity index (χ1) is 8.79. The summed E-state index contributed by atoms with van der Waals surface area (Å²) in [5, 5.41) is 1.49. The molecule has 0 saturated heterocycles. The van der Waals surface area contributed by atoms with Crippen LogP contribution in [0.2, 0.25) is 0 Å². The van der Waals surface area contributed by atoms with E-state index >= 15 is 0 Å². The van der Waals surface area contributed by atoms with Crippen molar-refractivity contribution >= 4 is 20.1 Å². The van der Waals surface area contributed by atoms with Gasteiger partial charge in [0.15, 0.2) is 0 Å². The minimum absolute atomic E-state index is 0.222. The topological polar surface area (TPSA) is 17.1 Å². The highest BCUT2D eigenvalue weighted by atomic mass is 28.2. The lowest BCUT2D eigenvalue weighted by atomic mass is 10.1. The molecule has 0 heterocycles. The molecule has 88 valence electrons. The highest BCUT2D eigenvalue weighted by Gasteiger charge is 2.20. The van der Waals surface area contributed by atoms with Crippen molar-refractivity contribution < 1.29 is 4.79 Å². The number of hydrogen-bond acceptors (Lipinski definition) is 1. The first-order valence-corrected chi connectivity index (χ1v) is 7.55. The molecule has 0 bridgehead atoms. The van der Waals surface area contributed by atoms with Gasteiger partial charge in [-0.1, -0.05) is 54.2 Å². The average Bonchev–Trinajstić information content (AvgIpc) is 2.78. The Kier molecular flexibility index (Phi) is 2.72. The minimum Gasteiger partial charge on any atom is -0.301 e. The first kappa shape index (κ1) is 11.2. The van der Waals surface area contributed by atoms with E-state index in [-0.39, 0.29) is 5.41 Å². The monoisotopic (exact) mass is 250 g/mol. The van der Waals surface area contributed by atoms with Crippen LogP contribution in [-0.2, 0) is 11.2 Å². The molecule has 1 aliphatic rings. The van der Waals surface area contributed by atoms with Crippen LogP contribution < -0.4 is 5.19 Å². The highest BCUT2D eigenvalue weighted by molar-refractivity contribution is 6.86. The van der Waals surface area contributed by atoms with Crippen LogP contribution in [-0.4, -0.2) is 14.9 Å². The Hall–Kier alpha value is -1.93. The number of hydrogen-bond donors (Lipinski definition) is 0. The van der Waals surface area contributed by atoms with Crippen LogP contribution >= 0.6 is 0 Å². The fraction of sp³-hybridized carbons (Fsp3) is 0.0625. The van der Waals surface area contributed by atoms with Crippen LogP contribution in [0.5, 0.6) is 0 Å². The second kappa shape index (κ2) is 4.39. The molecule has 2 aromatic carbocycles. The molecule has 0 amide bonds. The van der Waals surface area contributed by atoms with E-state index in [2.05, 4.69) is 49.0 Å². The predicted octanol–water partition coefficient (Wildman–Crippen LogP) is 1.76. The number of allylic oxidation sites excluding steroid dienone is 1. The van der Waals surface area contributed by atoms with Gasteiger partial charge in [0.2, 0.25) is 0 Å². The van der Waals surface area contributed by atoms with Gasteiger partial charge < -0.3 is 4.79 Å². The van der Waals surface area contributed by atoms with Crippen LogP contribution in [0.1, 0.15) is 11.1 Å². The summed E-state index contributed by atoms with van der Waals surface area (Å²) in [5.74, 6) is 0. The van der Waals surface area contributed by atoms with Gasteiger partial charge in [-0.3, -0.25) is 0 Å². The average molecular weight is 250 g/mol. The smallest absolute Gasteiger partial charge is 0.139 e. The van der Waals surface area contributed by atoms with E-state index in [0.717, 1.165) is 6.42 Å². The molecule has 1 aliphatic carbocycles. The molecule has 0 N–H and O–H groups in total. The Morgan fingerprint density at radius 2 is 1.89 bits per heavy atom. The normalized spacial score (nSPS) is 12.4. The standard InChI is InChI=1S/C16H14OSi/c1-2-16(17)18-15-9-5-8-13-12-7-4-3-6-11(12)10-14(13)15/h2-9H,1,10,18H2. The van der Waals surface area contributed by atoms with Gasteiger partial charge in [-0.2, -0.15) is 0 Å². The zero-order valence-electron chi connectivity index (χ0n) is 10.1. The summed E-state index contributed by atoms with van der Waals surface area (Å²) < 4.78 is 0. The number of carbonyl (C=O) groups excluding carboxylic acids is 1. The molecule has 0 aromatic heterocycles. The maximum absolute atomic E-state index is 11.6. The number of carbonyl (C=O) groups is 1. The van der Waals surface area contributed by atoms with Gasteiger partial charge in [0, 0.05) is 0 Å². The van der Waals surface area contributed by atoms with E-state index < -0.39 is 9.52 Å². The molecule has 0 atom stereocenters. The van der Waals surface area contributed by atoms with E-state index in [4.69, 9.17) is 0 Å². The Balaban J connectivity index is 2.08. The summed E-state index contributed by atoms with van der Waals surface area (Å²) in [4.78, 5) is 11.6. The molecule has 2 aromatic rings. The summed E-state index contributed by atoms with van der Waals surface area (Å²) >= 11 is 0. The van der Waals surface area contributed by atoms with Gasteiger partial charge in [0.05, 0.1) is 0 Å². The van der Waals surface area contributed by atoms with E-state index in [1.807, 2.05) is 0 Å². The van der Waals surface area contributed by atoms with Crippen molar-refractivity contribution in [1.82, 2.24) is 0 Å². The lowest BCUT2D eigenvalue weighted by Gasteiger charge is -2.06. The summed E-state index contributed by atoms with van der Waals surface area (Å²) in [7, 11) is -0.880. The number of rotatable bonds is 3. The molecule has 0 unspecified atom stereocenters. The lowest BCUT2D eigenvalue weighted by Crippen LogP contribution is -2.25. The zero-order valence-corrected chi connectivity index (χ0v) is 11.6. The SMILES string of the molecule is C=CC(=O)[SiH2]c1cccc2c1Cc1ccccc1-2. The van der Waals surface area contributed by atoms with Crippen LogP contribution in [0.3, 0.4) is 0 Å². The van der Waals surface area contributed by atoms with Crippen molar-refractivity contribution in [2.75, 3.05) is 0 Å². The van der Waals surface area contributed by atoms with Crippen LogP contribution in [0.4, 0.5) is 0 Å². The second-order valence-corrected chi connectivity index (χ2v) is 6.44. The minimum atomic E-state index is -0.880. The molecule has 3 rings (SSSR count). The molecule has 18 heavy (non-hydrogen) atoms. The third kappa shape index (κ3) is 1.75. The van der Waals surface area contributed by atoms with Gasteiger partial charge in [-0.25, -0.2) is 0 Å². The van der Waals surface area contributed by atoms with Crippen molar-refractivity contribution in [2.45, 2.75) is 6.42 Å². The Morgan fingerprint density at radius 1 is 1.11 bits per heavy atom. The Labute approximate surface area is 109 Å². The van der Waals surface area contributed by atoms with Gasteiger partial charge >= 0.3 is 0 Å². The lowest BCUT2D eigenvalue weighted by molar-refractivity contribution is -0.107. The molecule has 0 radical (unpaired) electrons. The van der Waals surface area contributed by atoms with Gasteiger partial charge in [0.25, 0.3) is 0 Å². The maximum Gasteiger partial charge on any atom is 0.139 e. The van der Waals surface area contributed by atoms with Gasteiger partial charge in [-0.15, -0.1) is 0 Å². The third-order valence-electron chi connectivity index (χ3n) is 3.54. The molecule has 0 aliphatic heterocycles. The fourth-order valence-corrected chi connectivity index (χ4v) is 3.95. The highest BCUT2D eigenvalue weighted by Crippen LogP contribution is 2.34. The molecule has 0 saturated carbocycles. The van der Waals surface area contributed by atoms with Crippen molar-refractivity contribution in [3.05, 3.63) is 66.2 Å². The fourth-order valence-electron chi connectivity index (χ4n) is 2.65. The van der Waals surface area contributed by atoms with Crippen LogP contribution in [0.25, 0.3) is 11.1 Å². The molecule has 2 heteroatoms. The van der Waals surface area contributed by atoms with Crippen molar-refractivity contribution in [3.63, 3.8) is 0 Å². The van der Waals surface area contributed by atoms with E-state index in [9.17, 15) is 4.79 Å². The second-order valence-electron chi connectivity index (χ2n) is 4.62. The molecule has 0 fully saturated rings. The van der Waals surface area contributed by atoms with Gasteiger partial charge in [-0.05, 0) is 34.8 Å². The van der Waals surface area contributed by atoms with Crippen molar-refractivity contribution in [1.29, 1.82) is 0 Å². The van der Waals surface area contributed by atoms with Crippen molar-refractivity contribution in [3.8, 4) is 11.1 Å². The number of benzene rings is 2. The summed E-state index contributed by atoms with van der Waals surface area (Å²) in [6.07, 6.45) is 2.44. The predicted molar refractivity (Wildman–Crippen MR) is 78.1 cm³/mol. The molecule has 1 nitrogen and oxygen atoms in total. The quantitative estimate of drug-likeness (QED) is 0.511. The summed E-state index contributed by atoms with van der Waals surface area (Å²) in [6, 6.07) is 14.8. The zero-order chi connectivity index (χ0) is 12.5. The molecular formula is C16H14OSi. The summed E-state index contributed by atoms with van der Waals surface area (Å²) in [5.41, 5.74) is 5.38. The van der Waals surface area contributed by atoms with E-state index in [0.29, 0.717) is 0 Å². The van der Waals surface area contributed by atoms with Crippen molar-refractivity contribution in [2.24, 2.45) is 0 Å². The van der Waals surface area contributed by atoms with Crippen LogP contribution in [0, 0.1) is 0 Å². The third-order valence-corrected chi connectivity index (χ3v) is 5.22. The largest absolute Gasteiger partial charge is 0.301 e. The van der Waals surface area contributed by atoms with E-state index in [1.54, 1.807) is 0 Å². The molecule has 0 spiro atoms.